The summed E-state index contributed by atoms with van der Waals surface area (Å²) >= 11 is 0. The first-order valence-electron chi connectivity index (χ1n) is 14.3. The lowest BCUT2D eigenvalue weighted by molar-refractivity contribution is -0.0167. The average molecular weight is 587 g/mol. The van der Waals surface area contributed by atoms with Gasteiger partial charge in [-0.25, -0.2) is 0 Å². The minimum atomic E-state index is 0.360. The van der Waals surface area contributed by atoms with Crippen LogP contribution in [0, 0.1) is 27.7 Å². The highest BCUT2D eigenvalue weighted by molar-refractivity contribution is 5.44. The predicted octanol–water partition coefficient (Wildman–Crippen LogP) is 7.21. The summed E-state index contributed by atoms with van der Waals surface area (Å²) in [6.45, 7) is 12.0. The van der Waals surface area contributed by atoms with E-state index in [2.05, 4.69) is 26.0 Å². The van der Waals surface area contributed by atoms with Crippen molar-refractivity contribution in [3.05, 3.63) is 106 Å². The van der Waals surface area contributed by atoms with Gasteiger partial charge < -0.3 is 37.9 Å². The van der Waals surface area contributed by atoms with Gasteiger partial charge >= 0.3 is 0 Å². The van der Waals surface area contributed by atoms with Crippen molar-refractivity contribution in [3.8, 4) is 34.5 Å². The maximum atomic E-state index is 5.38. The fourth-order valence-electron chi connectivity index (χ4n) is 4.62. The zero-order valence-corrected chi connectivity index (χ0v) is 25.1. The molecule has 8 rings (SSSR count). The van der Waals surface area contributed by atoms with Crippen molar-refractivity contribution < 1.29 is 37.9 Å². The number of hydrogen-bond acceptors (Lipinski definition) is 8. The average Bonchev–Trinajstić information content (AvgIpc) is 3.50. The maximum Gasteiger partial charge on any atom is 0.231 e. The third kappa shape index (κ3) is 8.34. The van der Waals surface area contributed by atoms with Crippen LogP contribution in [0.1, 0.15) is 33.4 Å². The second kappa shape index (κ2) is 14.7. The fraction of sp³-hybridized carbons (Fsp3) is 0.314. The molecule has 0 radical (unpaired) electrons. The number of fused-ring (bicyclic) bond motifs is 4. The van der Waals surface area contributed by atoms with Crippen molar-refractivity contribution in [2.45, 2.75) is 40.9 Å². The lowest BCUT2D eigenvalue weighted by Gasteiger charge is -2.18. The molecule has 0 N–H and O–H groups in total. The molecule has 0 atom stereocenters. The van der Waals surface area contributed by atoms with E-state index in [1.807, 2.05) is 74.5 Å². The van der Waals surface area contributed by atoms with Crippen molar-refractivity contribution in [2.75, 3.05) is 33.6 Å². The summed E-state index contributed by atoms with van der Waals surface area (Å²) in [5, 5.41) is 0. The summed E-state index contributed by atoms with van der Waals surface area (Å²) in [5.41, 5.74) is 7.22. The minimum absolute atomic E-state index is 0.360. The van der Waals surface area contributed by atoms with E-state index < -0.39 is 0 Å². The normalized spacial score (nSPS) is 14.8. The van der Waals surface area contributed by atoms with Crippen LogP contribution in [-0.4, -0.2) is 33.6 Å². The molecule has 0 spiro atoms. The van der Waals surface area contributed by atoms with Crippen LogP contribution in [0.4, 0.5) is 0 Å². The van der Waals surface area contributed by atoms with E-state index in [4.69, 9.17) is 37.9 Å². The second-order valence-corrected chi connectivity index (χ2v) is 10.4. The van der Waals surface area contributed by atoms with Gasteiger partial charge in [-0.15, -0.1) is 0 Å². The molecular weight excluding hydrogens is 548 g/mol. The number of hydrogen-bond donors (Lipinski definition) is 0. The number of aryl methyl sites for hydroxylation is 4. The van der Waals surface area contributed by atoms with Gasteiger partial charge in [0.2, 0.25) is 6.79 Å². The molecule has 0 aromatic heterocycles. The van der Waals surface area contributed by atoms with Gasteiger partial charge in [-0.2, -0.15) is 0 Å². The molecule has 0 fully saturated rings. The molecule has 0 amide bonds. The first kappa shape index (κ1) is 30.1. The minimum Gasteiger partial charge on any atom is -0.486 e. The van der Waals surface area contributed by atoms with Crippen LogP contribution in [0.25, 0.3) is 0 Å². The molecule has 4 heterocycles. The molecule has 8 heteroatoms. The zero-order chi connectivity index (χ0) is 30.0. The molecule has 0 saturated heterocycles. The van der Waals surface area contributed by atoms with Gasteiger partial charge in [0.1, 0.15) is 24.7 Å². The molecule has 4 aromatic rings. The standard InChI is InChI=1S/3C9H10O2.C8H8O2/c1-7-2-3-9-8(4-7)5-10-6-11-9;1-7-2-3-8-9(6-7)11-5-4-10-8;1-7-3-2-4-9-8(7)5-10-6-11-9;1-6-2-3-7-8(4-6)10-5-9-7/h2-4H,5-6H2,1H3;2-3,6H,4-5H2,1H3;2-4H,5-6H2,1H3;2-4H,5H2,1H3. The predicted molar refractivity (Wildman–Crippen MR) is 162 cm³/mol. The highest BCUT2D eigenvalue weighted by Gasteiger charge is 2.13. The van der Waals surface area contributed by atoms with E-state index in [9.17, 15) is 0 Å². The lowest BCUT2D eigenvalue weighted by Crippen LogP contribution is -2.15. The summed E-state index contributed by atoms with van der Waals surface area (Å²) in [7, 11) is 0. The van der Waals surface area contributed by atoms with Crippen LogP contribution >= 0.6 is 0 Å². The lowest BCUT2D eigenvalue weighted by atomic mass is 10.1. The molecular formula is C35H38O8. The smallest absolute Gasteiger partial charge is 0.231 e. The van der Waals surface area contributed by atoms with Gasteiger partial charge in [0, 0.05) is 11.1 Å². The van der Waals surface area contributed by atoms with Crippen LogP contribution in [0.2, 0.25) is 0 Å². The van der Waals surface area contributed by atoms with Crippen molar-refractivity contribution in [3.63, 3.8) is 0 Å². The van der Waals surface area contributed by atoms with Crippen LogP contribution in [0.3, 0.4) is 0 Å². The van der Waals surface area contributed by atoms with Gasteiger partial charge in [0.25, 0.3) is 0 Å². The van der Waals surface area contributed by atoms with Crippen molar-refractivity contribution in [1.29, 1.82) is 0 Å². The van der Waals surface area contributed by atoms with E-state index in [-0.39, 0.29) is 0 Å². The third-order valence-corrected chi connectivity index (χ3v) is 6.91. The Morgan fingerprint density at radius 2 is 0.977 bits per heavy atom. The van der Waals surface area contributed by atoms with Gasteiger partial charge in [-0.3, -0.25) is 0 Å². The van der Waals surface area contributed by atoms with E-state index in [0.29, 0.717) is 46.8 Å². The summed E-state index contributed by atoms with van der Waals surface area (Å²) in [6, 6.07) is 24.0. The van der Waals surface area contributed by atoms with E-state index in [1.54, 1.807) is 0 Å². The van der Waals surface area contributed by atoms with E-state index in [0.717, 1.165) is 40.1 Å². The number of benzene rings is 4. The quantitative estimate of drug-likeness (QED) is 0.214. The highest BCUT2D eigenvalue weighted by Crippen LogP contribution is 2.32. The molecule has 43 heavy (non-hydrogen) atoms. The van der Waals surface area contributed by atoms with Crippen molar-refractivity contribution >= 4 is 0 Å². The first-order chi connectivity index (χ1) is 21.0. The monoisotopic (exact) mass is 586 g/mol. The highest BCUT2D eigenvalue weighted by atomic mass is 16.7. The Labute approximate surface area is 253 Å². The van der Waals surface area contributed by atoms with Crippen LogP contribution in [0.5, 0.6) is 34.5 Å². The Bertz CT molecular complexity index is 1460. The Hall–Kier alpha value is -4.40. The Morgan fingerprint density at radius 3 is 1.70 bits per heavy atom. The van der Waals surface area contributed by atoms with Gasteiger partial charge in [-0.1, -0.05) is 42.0 Å². The second-order valence-electron chi connectivity index (χ2n) is 10.4. The molecule has 0 unspecified atom stereocenters. The summed E-state index contributed by atoms with van der Waals surface area (Å²) in [4.78, 5) is 0. The Kier molecular flexibility index (Phi) is 10.3. The molecule has 4 aromatic carbocycles. The topological polar surface area (TPSA) is 73.8 Å². The Balaban J connectivity index is 0.000000114. The van der Waals surface area contributed by atoms with E-state index in [1.165, 1.54) is 27.8 Å². The maximum absolute atomic E-state index is 5.38. The largest absolute Gasteiger partial charge is 0.486 e. The molecule has 0 saturated carbocycles. The molecule has 226 valence electrons. The molecule has 8 nitrogen and oxygen atoms in total. The SMILES string of the molecule is Cc1ccc2c(c1)COCO2.Cc1ccc2c(c1)OCCO2.Cc1ccc2c(c1)OCO2.Cc1cccc2c1COCO2. The van der Waals surface area contributed by atoms with Crippen LogP contribution < -0.4 is 28.4 Å². The molecule has 0 aliphatic carbocycles. The third-order valence-electron chi connectivity index (χ3n) is 6.91. The zero-order valence-electron chi connectivity index (χ0n) is 25.1. The molecule has 4 aliphatic rings. The fourth-order valence-corrected chi connectivity index (χ4v) is 4.62. The first-order valence-corrected chi connectivity index (χ1v) is 14.3. The number of rotatable bonds is 0. The van der Waals surface area contributed by atoms with Crippen LogP contribution in [0.15, 0.2) is 72.8 Å². The van der Waals surface area contributed by atoms with E-state index >= 15 is 0 Å². The Morgan fingerprint density at radius 1 is 0.442 bits per heavy atom. The molecule has 4 aliphatic heterocycles. The summed E-state index contributed by atoms with van der Waals surface area (Å²) in [5.74, 6) is 5.38. The summed E-state index contributed by atoms with van der Waals surface area (Å²) in [6.07, 6.45) is 0. The van der Waals surface area contributed by atoms with Crippen molar-refractivity contribution in [2.24, 2.45) is 0 Å². The van der Waals surface area contributed by atoms with Crippen LogP contribution in [-0.2, 0) is 22.7 Å². The summed E-state index contributed by atoms with van der Waals surface area (Å²) < 4.78 is 41.8. The molecule has 0 bridgehead atoms. The van der Waals surface area contributed by atoms with Gasteiger partial charge in [-0.05, 0) is 80.8 Å². The number of ether oxygens (including phenoxy) is 8. The van der Waals surface area contributed by atoms with Gasteiger partial charge in [0.15, 0.2) is 36.6 Å². The van der Waals surface area contributed by atoms with Gasteiger partial charge in [0.05, 0.1) is 13.2 Å². The van der Waals surface area contributed by atoms with Crippen molar-refractivity contribution in [1.82, 2.24) is 0 Å².